The van der Waals surface area contributed by atoms with Gasteiger partial charge in [0.25, 0.3) is 0 Å². The molecule has 2 atom stereocenters. The van der Waals surface area contributed by atoms with Crippen LogP contribution in [0.25, 0.3) is 0 Å². The van der Waals surface area contributed by atoms with Crippen LogP contribution in [0.2, 0.25) is 0 Å². The van der Waals surface area contributed by atoms with Crippen molar-refractivity contribution in [3.05, 3.63) is 110 Å². The van der Waals surface area contributed by atoms with E-state index in [1.54, 1.807) is 0 Å². The van der Waals surface area contributed by atoms with E-state index < -0.39 is 0 Å². The van der Waals surface area contributed by atoms with E-state index in [1.165, 1.54) is 29.2 Å². The van der Waals surface area contributed by atoms with Crippen LogP contribution in [0.3, 0.4) is 0 Å². The zero-order valence-electron chi connectivity index (χ0n) is 20.2. The predicted octanol–water partition coefficient (Wildman–Crippen LogP) is -0.858. The SMILES string of the molecule is CN(c1ccccc1)c1cc[n+](C[C@@H]2C[C@H]2C[n+]2ccc(N(C)c3ccccc3)cc2)cc1.[Br-].[Br-]. The van der Waals surface area contributed by atoms with Crippen molar-refractivity contribution in [2.75, 3.05) is 23.9 Å². The van der Waals surface area contributed by atoms with Gasteiger partial charge >= 0.3 is 0 Å². The second-order valence-electron chi connectivity index (χ2n) is 9.05. The smallest absolute Gasteiger partial charge is 0.170 e. The first-order valence-electron chi connectivity index (χ1n) is 11.7. The fraction of sp³-hybridized carbons (Fsp3) is 0.241. The minimum absolute atomic E-state index is 0. The van der Waals surface area contributed by atoms with Gasteiger partial charge in [-0.25, -0.2) is 9.13 Å². The Hall–Kier alpha value is -2.70. The van der Waals surface area contributed by atoms with Crippen molar-refractivity contribution in [1.29, 1.82) is 0 Å². The van der Waals surface area contributed by atoms with Crippen molar-refractivity contribution < 1.29 is 43.1 Å². The molecule has 1 fully saturated rings. The number of anilines is 4. The van der Waals surface area contributed by atoms with Gasteiger partial charge < -0.3 is 43.8 Å². The van der Waals surface area contributed by atoms with Crippen molar-refractivity contribution in [1.82, 2.24) is 0 Å². The Kier molecular flexibility index (Phi) is 9.47. The number of benzene rings is 2. The summed E-state index contributed by atoms with van der Waals surface area (Å²) in [6.07, 6.45) is 10.2. The number of pyridine rings is 2. The molecule has 182 valence electrons. The second kappa shape index (κ2) is 12.3. The van der Waals surface area contributed by atoms with Crippen LogP contribution < -0.4 is 52.9 Å². The maximum absolute atomic E-state index is 2.33. The monoisotopic (exact) mass is 594 g/mol. The molecule has 2 aromatic heterocycles. The van der Waals surface area contributed by atoms with E-state index in [2.05, 4.69) is 143 Å². The molecular formula is C29H32Br2N4. The van der Waals surface area contributed by atoms with Gasteiger partial charge in [0.1, 0.15) is 0 Å². The molecule has 4 aromatic rings. The molecule has 4 nitrogen and oxygen atoms in total. The third-order valence-electron chi connectivity index (χ3n) is 6.77. The number of hydrogen-bond donors (Lipinski definition) is 0. The number of rotatable bonds is 8. The van der Waals surface area contributed by atoms with Crippen molar-refractivity contribution in [3.63, 3.8) is 0 Å². The molecule has 0 amide bonds. The highest BCUT2D eigenvalue weighted by Crippen LogP contribution is 2.39. The van der Waals surface area contributed by atoms with Crippen molar-refractivity contribution in [3.8, 4) is 0 Å². The molecule has 0 spiro atoms. The number of aromatic nitrogens is 2. The Morgan fingerprint density at radius 1 is 0.543 bits per heavy atom. The first-order valence-corrected chi connectivity index (χ1v) is 11.7. The number of para-hydroxylation sites is 2. The molecule has 1 aliphatic rings. The molecule has 0 N–H and O–H groups in total. The highest BCUT2D eigenvalue weighted by molar-refractivity contribution is 5.62. The quantitative estimate of drug-likeness (QED) is 0.246. The van der Waals surface area contributed by atoms with Crippen LogP contribution >= 0.6 is 0 Å². The van der Waals surface area contributed by atoms with Gasteiger partial charge in [0.05, 0.1) is 11.4 Å². The van der Waals surface area contributed by atoms with Gasteiger partial charge in [-0.2, -0.15) is 0 Å². The maximum atomic E-state index is 2.33. The van der Waals surface area contributed by atoms with Gasteiger partial charge in [0.15, 0.2) is 37.9 Å². The fourth-order valence-electron chi connectivity index (χ4n) is 4.49. The minimum Gasteiger partial charge on any atom is -1.00 e. The molecule has 6 heteroatoms. The lowest BCUT2D eigenvalue weighted by Crippen LogP contribution is -3.00. The fourth-order valence-corrected chi connectivity index (χ4v) is 4.49. The van der Waals surface area contributed by atoms with Crippen LogP contribution in [0.4, 0.5) is 22.7 Å². The van der Waals surface area contributed by atoms with E-state index in [9.17, 15) is 0 Å². The zero-order chi connectivity index (χ0) is 22.6. The molecule has 0 aliphatic heterocycles. The van der Waals surface area contributed by atoms with Crippen LogP contribution in [0, 0.1) is 11.8 Å². The van der Waals surface area contributed by atoms with Crippen LogP contribution in [-0.2, 0) is 13.1 Å². The summed E-state index contributed by atoms with van der Waals surface area (Å²) >= 11 is 0. The molecule has 0 unspecified atom stereocenters. The Morgan fingerprint density at radius 2 is 0.857 bits per heavy atom. The molecule has 0 radical (unpaired) electrons. The molecule has 1 aliphatic carbocycles. The van der Waals surface area contributed by atoms with Gasteiger partial charge in [-0.1, -0.05) is 36.4 Å². The van der Waals surface area contributed by atoms with Crippen molar-refractivity contribution >= 4 is 22.7 Å². The van der Waals surface area contributed by atoms with E-state index in [4.69, 9.17) is 0 Å². The summed E-state index contributed by atoms with van der Waals surface area (Å²) in [6, 6.07) is 29.8. The van der Waals surface area contributed by atoms with Gasteiger partial charge in [0.2, 0.25) is 0 Å². The first-order chi connectivity index (χ1) is 16.2. The molecular weight excluding hydrogens is 564 g/mol. The zero-order valence-corrected chi connectivity index (χ0v) is 23.4. The highest BCUT2D eigenvalue weighted by Gasteiger charge is 2.42. The third-order valence-corrected chi connectivity index (χ3v) is 6.77. The Labute approximate surface area is 230 Å². The summed E-state index contributed by atoms with van der Waals surface area (Å²) in [4.78, 5) is 4.44. The molecule has 5 rings (SSSR count). The van der Waals surface area contributed by atoms with Crippen LogP contribution in [0.5, 0.6) is 0 Å². The molecule has 1 saturated carbocycles. The molecule has 35 heavy (non-hydrogen) atoms. The van der Waals surface area contributed by atoms with Gasteiger partial charge in [-0.3, -0.25) is 0 Å². The van der Waals surface area contributed by atoms with E-state index in [-0.39, 0.29) is 34.0 Å². The van der Waals surface area contributed by atoms with Crippen molar-refractivity contribution in [2.24, 2.45) is 11.8 Å². The van der Waals surface area contributed by atoms with Gasteiger partial charge in [-0.05, 0) is 30.7 Å². The standard InChI is InChI=1S/C29H32N4.2BrH/c1-30(26-9-5-3-6-10-26)28-13-17-32(18-14-28)22-24-21-25(24)23-33-19-15-29(16-20-33)31(2)27-11-7-4-8-12-27;;/h3-20,24-25H,21-23H2,1-2H3;2*1H/q+2;;/p-2/t24-,25-;;/m0../s1. The van der Waals surface area contributed by atoms with Gasteiger partial charge in [0, 0.05) is 61.6 Å². The average molecular weight is 596 g/mol. The lowest BCUT2D eigenvalue weighted by atomic mass is 10.2. The summed E-state index contributed by atoms with van der Waals surface area (Å²) in [7, 11) is 4.23. The van der Waals surface area contributed by atoms with Crippen LogP contribution in [0.15, 0.2) is 110 Å². The summed E-state index contributed by atoms with van der Waals surface area (Å²) in [6.45, 7) is 2.19. The number of halogens is 2. The van der Waals surface area contributed by atoms with Crippen molar-refractivity contribution in [2.45, 2.75) is 19.5 Å². The maximum Gasteiger partial charge on any atom is 0.170 e. The molecule has 2 heterocycles. The topological polar surface area (TPSA) is 14.2 Å². The lowest BCUT2D eigenvalue weighted by molar-refractivity contribution is -0.709. The largest absolute Gasteiger partial charge is 1.00 e. The molecule has 2 aromatic carbocycles. The molecule has 0 saturated heterocycles. The van der Waals surface area contributed by atoms with Crippen LogP contribution in [-0.4, -0.2) is 14.1 Å². The average Bonchev–Trinajstić information content (AvgIpc) is 3.62. The highest BCUT2D eigenvalue weighted by atomic mass is 79.9. The normalized spacial score (nSPS) is 15.9. The Bertz CT molecular complexity index is 1070. The Balaban J connectivity index is 0.00000171. The summed E-state index contributed by atoms with van der Waals surface area (Å²) < 4.78 is 4.66. The summed E-state index contributed by atoms with van der Waals surface area (Å²) in [5, 5.41) is 0. The Morgan fingerprint density at radius 3 is 1.20 bits per heavy atom. The number of hydrogen-bond acceptors (Lipinski definition) is 2. The second-order valence-corrected chi connectivity index (χ2v) is 9.05. The third kappa shape index (κ3) is 6.71. The summed E-state index contributed by atoms with van der Waals surface area (Å²) in [5.41, 5.74) is 4.83. The molecule has 0 bridgehead atoms. The first kappa shape index (κ1) is 26.9. The number of nitrogens with zero attached hydrogens (tertiary/aromatic N) is 4. The van der Waals surface area contributed by atoms with E-state index >= 15 is 0 Å². The predicted molar refractivity (Wildman–Crippen MR) is 134 cm³/mol. The van der Waals surface area contributed by atoms with E-state index in [0.717, 1.165) is 24.9 Å². The minimum atomic E-state index is 0. The van der Waals surface area contributed by atoms with E-state index in [0.29, 0.717) is 0 Å². The summed E-state index contributed by atoms with van der Waals surface area (Å²) in [5.74, 6) is 1.51. The van der Waals surface area contributed by atoms with Gasteiger partial charge in [-0.15, -0.1) is 0 Å². The lowest BCUT2D eigenvalue weighted by Gasteiger charge is -2.18. The van der Waals surface area contributed by atoms with E-state index in [1.807, 2.05) is 0 Å². The van der Waals surface area contributed by atoms with Crippen LogP contribution in [0.1, 0.15) is 6.42 Å².